The molecule has 52 heavy (non-hydrogen) atoms. The number of ether oxygens (including phenoxy) is 4. The van der Waals surface area contributed by atoms with Gasteiger partial charge < -0.3 is 18.9 Å². The number of carbonyl (C=O) groups excluding carboxylic acids is 4. The number of nitrogens with zero attached hydrogens (tertiary/aromatic N) is 2. The van der Waals surface area contributed by atoms with Crippen molar-refractivity contribution in [1.29, 1.82) is 0 Å². The minimum absolute atomic E-state index is 0. The van der Waals surface area contributed by atoms with E-state index in [4.69, 9.17) is 18.9 Å². The maximum absolute atomic E-state index is 14.4. The van der Waals surface area contributed by atoms with Crippen LogP contribution in [0.1, 0.15) is 138 Å². The van der Waals surface area contributed by atoms with Crippen molar-refractivity contribution < 1.29 is 38.1 Å². The highest BCUT2D eigenvalue weighted by Crippen LogP contribution is 2.48. The standard InChI is InChI=1S/C32H36N2O8.10CH4/c1-17-9-13-25(14-10-17)29-27-28(32(38)33(29)19(3)39-23(7)41-21(5)35)30(26-15-11-18(2)12-16-26)34(31(27)37)20(4)40-24(8)42-22(6)36;;;;;;;;;;/h9-16,19-20,23-24H,1-8H3;10*1H4. The van der Waals surface area contributed by atoms with Gasteiger partial charge in [0.2, 0.25) is 12.6 Å². The average Bonchev–Trinajstić information content (AvgIpc) is 3.36. The quantitative estimate of drug-likeness (QED) is 0.175. The highest BCUT2D eigenvalue weighted by atomic mass is 16.7. The summed E-state index contributed by atoms with van der Waals surface area (Å²) in [7, 11) is 0. The second kappa shape index (κ2) is 25.6. The molecule has 4 unspecified atom stereocenters. The lowest BCUT2D eigenvalue weighted by molar-refractivity contribution is -0.194. The first-order valence-electron chi connectivity index (χ1n) is 13.8. The van der Waals surface area contributed by atoms with Crippen molar-refractivity contribution in [2.24, 2.45) is 0 Å². The van der Waals surface area contributed by atoms with Crippen LogP contribution in [-0.2, 0) is 38.1 Å². The van der Waals surface area contributed by atoms with Gasteiger partial charge in [0.15, 0.2) is 0 Å². The molecule has 4 rings (SSSR count). The summed E-state index contributed by atoms with van der Waals surface area (Å²) in [5.74, 6) is -1.95. The summed E-state index contributed by atoms with van der Waals surface area (Å²) in [5, 5.41) is 0. The zero-order chi connectivity index (χ0) is 30.9. The third-order valence-electron chi connectivity index (χ3n) is 6.89. The summed E-state index contributed by atoms with van der Waals surface area (Å²) in [6.45, 7) is 12.9. The monoisotopic (exact) mass is 737 g/mol. The Morgan fingerprint density at radius 2 is 0.750 bits per heavy atom. The van der Waals surface area contributed by atoms with Gasteiger partial charge in [-0.05, 0) is 52.7 Å². The zero-order valence-corrected chi connectivity index (χ0v) is 25.1. The minimum atomic E-state index is -0.941. The fourth-order valence-corrected chi connectivity index (χ4v) is 5.22. The topological polar surface area (TPSA) is 112 Å². The molecule has 10 heteroatoms. The number of benzene rings is 2. The van der Waals surface area contributed by atoms with E-state index in [1.54, 1.807) is 27.7 Å². The Balaban J connectivity index is -0.000000405. The first-order valence-corrected chi connectivity index (χ1v) is 13.8. The summed E-state index contributed by atoms with van der Waals surface area (Å²) in [6, 6.07) is 14.9. The van der Waals surface area contributed by atoms with Gasteiger partial charge in [0.05, 0.1) is 22.5 Å². The molecule has 4 atom stereocenters. The van der Waals surface area contributed by atoms with E-state index in [0.29, 0.717) is 22.5 Å². The van der Waals surface area contributed by atoms with Gasteiger partial charge in [0.25, 0.3) is 11.8 Å². The molecule has 0 bridgehead atoms. The predicted molar refractivity (Wildman–Crippen MR) is 221 cm³/mol. The van der Waals surface area contributed by atoms with Gasteiger partial charge in [0.1, 0.15) is 12.5 Å². The summed E-state index contributed by atoms with van der Waals surface area (Å²) >= 11 is 0. The maximum Gasteiger partial charge on any atom is 0.304 e. The zero-order valence-electron chi connectivity index (χ0n) is 25.1. The summed E-state index contributed by atoms with van der Waals surface area (Å²) in [4.78, 5) is 54.6. The van der Waals surface area contributed by atoms with Crippen LogP contribution in [0.3, 0.4) is 0 Å². The Kier molecular flexibility index (Phi) is 31.0. The maximum atomic E-state index is 14.4. The highest BCUT2D eigenvalue weighted by Gasteiger charge is 2.52. The number of esters is 2. The molecule has 0 spiro atoms. The molecule has 0 aliphatic carbocycles. The lowest BCUT2D eigenvalue weighted by Crippen LogP contribution is -2.41. The molecular weight excluding hydrogens is 660 g/mol. The van der Waals surface area contributed by atoms with Gasteiger partial charge in [-0.2, -0.15) is 0 Å². The SMILES string of the molecule is C.C.C.C.C.C.C.C.C.C.CC(=O)OC(C)OC(C)N1C(=O)C2=C(c3ccc(C)cc3)N(C(C)OC(C)OC(C)=O)C(=O)C2=C1c1ccc(C)cc1. The molecule has 2 aliphatic rings. The summed E-state index contributed by atoms with van der Waals surface area (Å²) < 4.78 is 22.1. The van der Waals surface area contributed by atoms with Gasteiger partial charge in [-0.1, -0.05) is 134 Å². The van der Waals surface area contributed by atoms with Crippen LogP contribution in [0, 0.1) is 13.8 Å². The first-order chi connectivity index (χ1) is 19.8. The van der Waals surface area contributed by atoms with Crippen molar-refractivity contribution in [3.05, 3.63) is 81.9 Å². The molecule has 0 aromatic heterocycles. The lowest BCUT2D eigenvalue weighted by Gasteiger charge is -2.32. The van der Waals surface area contributed by atoms with Crippen molar-refractivity contribution in [2.75, 3.05) is 0 Å². The van der Waals surface area contributed by atoms with Crippen molar-refractivity contribution in [2.45, 2.75) is 155 Å². The molecule has 302 valence electrons. The first kappa shape index (κ1) is 62.8. The fraction of sp³-hybridized carbons (Fsp3) is 0.524. The van der Waals surface area contributed by atoms with Gasteiger partial charge >= 0.3 is 11.9 Å². The molecule has 2 aromatic rings. The Morgan fingerprint density at radius 1 is 0.500 bits per heavy atom. The smallest absolute Gasteiger partial charge is 0.304 e. The molecule has 2 aromatic carbocycles. The predicted octanol–water partition coefficient (Wildman–Crippen LogP) is 11.0. The van der Waals surface area contributed by atoms with E-state index in [0.717, 1.165) is 11.1 Å². The molecule has 2 heterocycles. The lowest BCUT2D eigenvalue weighted by atomic mass is 10.0. The van der Waals surface area contributed by atoms with Crippen molar-refractivity contribution in [3.8, 4) is 0 Å². The number of carbonyl (C=O) groups is 4. The van der Waals surface area contributed by atoms with E-state index >= 15 is 0 Å². The number of aryl methyl sites for hydroxylation is 2. The van der Waals surface area contributed by atoms with Crippen LogP contribution in [0.15, 0.2) is 59.7 Å². The molecule has 10 nitrogen and oxygen atoms in total. The van der Waals surface area contributed by atoms with Crippen LogP contribution >= 0.6 is 0 Å². The normalized spacial score (nSPS) is 14.4. The van der Waals surface area contributed by atoms with Crippen molar-refractivity contribution in [1.82, 2.24) is 9.80 Å². The molecule has 0 fully saturated rings. The van der Waals surface area contributed by atoms with Crippen molar-refractivity contribution >= 4 is 35.1 Å². The molecular formula is C42H76N2O8. The van der Waals surface area contributed by atoms with Crippen LogP contribution in [-0.4, -0.2) is 58.6 Å². The van der Waals surface area contributed by atoms with Crippen LogP contribution < -0.4 is 0 Å². The fourth-order valence-electron chi connectivity index (χ4n) is 5.22. The average molecular weight is 737 g/mol. The molecule has 0 N–H and O–H groups in total. The molecule has 0 saturated carbocycles. The van der Waals surface area contributed by atoms with E-state index in [1.807, 2.05) is 62.4 Å². The second-order valence-electron chi connectivity index (χ2n) is 10.4. The highest BCUT2D eigenvalue weighted by molar-refractivity contribution is 6.30. The molecule has 0 radical (unpaired) electrons. The van der Waals surface area contributed by atoms with E-state index < -0.39 is 48.8 Å². The largest absolute Gasteiger partial charge is 0.436 e. The third-order valence-corrected chi connectivity index (χ3v) is 6.89. The van der Waals surface area contributed by atoms with Gasteiger partial charge in [-0.25, -0.2) is 0 Å². The minimum Gasteiger partial charge on any atom is -0.436 e. The Labute approximate surface area is 319 Å². The molecule has 2 aliphatic heterocycles. The van der Waals surface area contributed by atoms with E-state index in [2.05, 4.69) is 0 Å². The second-order valence-corrected chi connectivity index (χ2v) is 10.4. The third kappa shape index (κ3) is 13.0. The number of rotatable bonds is 10. The summed E-state index contributed by atoms with van der Waals surface area (Å²) in [6.07, 6.45) is -3.67. The van der Waals surface area contributed by atoms with E-state index in [1.165, 1.54) is 23.6 Å². The summed E-state index contributed by atoms with van der Waals surface area (Å²) in [5.41, 5.74) is 4.42. The van der Waals surface area contributed by atoms with Gasteiger partial charge in [-0.15, -0.1) is 0 Å². The van der Waals surface area contributed by atoms with Gasteiger partial charge in [-0.3, -0.25) is 29.0 Å². The number of fused-ring (bicyclic) bond motifs is 1. The van der Waals surface area contributed by atoms with Crippen LogP contribution in [0.4, 0.5) is 0 Å². The van der Waals surface area contributed by atoms with Crippen LogP contribution in [0.5, 0.6) is 0 Å². The molecule has 2 amide bonds. The van der Waals surface area contributed by atoms with Crippen LogP contribution in [0.2, 0.25) is 0 Å². The van der Waals surface area contributed by atoms with E-state index in [9.17, 15) is 19.2 Å². The number of amides is 2. The molecule has 0 saturated heterocycles. The Bertz CT molecular complexity index is 1350. The van der Waals surface area contributed by atoms with Crippen molar-refractivity contribution in [3.63, 3.8) is 0 Å². The van der Waals surface area contributed by atoms with Crippen LogP contribution in [0.25, 0.3) is 11.4 Å². The van der Waals surface area contributed by atoms with Gasteiger partial charge in [0, 0.05) is 13.8 Å². The Morgan fingerprint density at radius 3 is 0.981 bits per heavy atom. The number of hydrogen-bond donors (Lipinski definition) is 0. The van der Waals surface area contributed by atoms with E-state index in [-0.39, 0.29) is 85.4 Å². The Hall–Kier alpha value is -4.28. The number of hydrogen-bond acceptors (Lipinski definition) is 8.